The SMILES string of the molecule is CCCC1COC(C2COC(c3ccc(OC)cc3)CO2)OC1. The molecule has 0 spiro atoms. The van der Waals surface area contributed by atoms with Crippen LogP contribution in [0.15, 0.2) is 24.3 Å². The highest BCUT2D eigenvalue weighted by atomic mass is 16.7. The smallest absolute Gasteiger partial charge is 0.185 e. The summed E-state index contributed by atoms with van der Waals surface area (Å²) >= 11 is 0. The Labute approximate surface area is 137 Å². The molecular weight excluding hydrogens is 296 g/mol. The first kappa shape index (κ1) is 16.7. The van der Waals surface area contributed by atoms with E-state index in [0.717, 1.165) is 37.4 Å². The third kappa shape index (κ3) is 4.23. The van der Waals surface area contributed by atoms with E-state index in [2.05, 4.69) is 6.92 Å². The Hall–Kier alpha value is -1.14. The maximum Gasteiger partial charge on any atom is 0.185 e. The van der Waals surface area contributed by atoms with Gasteiger partial charge in [0.25, 0.3) is 0 Å². The monoisotopic (exact) mass is 322 g/mol. The molecule has 1 aromatic rings. The van der Waals surface area contributed by atoms with Crippen LogP contribution in [0.2, 0.25) is 0 Å². The van der Waals surface area contributed by atoms with Crippen LogP contribution < -0.4 is 4.74 Å². The number of hydrogen-bond acceptors (Lipinski definition) is 5. The zero-order chi connectivity index (χ0) is 16.1. The Bertz CT molecular complexity index is 459. The summed E-state index contributed by atoms with van der Waals surface area (Å²) < 4.78 is 28.7. The van der Waals surface area contributed by atoms with E-state index in [9.17, 15) is 0 Å². The van der Waals surface area contributed by atoms with E-state index in [1.54, 1.807) is 7.11 Å². The van der Waals surface area contributed by atoms with E-state index in [1.807, 2.05) is 24.3 Å². The third-order valence-corrected chi connectivity index (χ3v) is 4.40. The normalized spacial score (nSPS) is 31.7. The molecule has 0 amide bonds. The molecule has 0 N–H and O–H groups in total. The van der Waals surface area contributed by atoms with Crippen molar-refractivity contribution in [2.75, 3.05) is 33.5 Å². The summed E-state index contributed by atoms with van der Waals surface area (Å²) in [4.78, 5) is 0. The molecular formula is C18H26O5. The van der Waals surface area contributed by atoms with E-state index in [-0.39, 0.29) is 18.5 Å². The quantitative estimate of drug-likeness (QED) is 0.834. The molecule has 1 aromatic carbocycles. The van der Waals surface area contributed by atoms with Gasteiger partial charge in [-0.2, -0.15) is 0 Å². The van der Waals surface area contributed by atoms with Gasteiger partial charge >= 0.3 is 0 Å². The first-order chi connectivity index (χ1) is 11.3. The van der Waals surface area contributed by atoms with Crippen LogP contribution in [0.4, 0.5) is 0 Å². The first-order valence-electron chi connectivity index (χ1n) is 8.40. The third-order valence-electron chi connectivity index (χ3n) is 4.40. The van der Waals surface area contributed by atoms with Crippen LogP contribution in [0.25, 0.3) is 0 Å². The Morgan fingerprint density at radius 1 is 0.957 bits per heavy atom. The fraction of sp³-hybridized carbons (Fsp3) is 0.667. The first-order valence-corrected chi connectivity index (χ1v) is 8.40. The minimum absolute atomic E-state index is 0.0476. The Morgan fingerprint density at radius 2 is 1.70 bits per heavy atom. The molecule has 2 fully saturated rings. The highest BCUT2D eigenvalue weighted by Gasteiger charge is 2.34. The van der Waals surface area contributed by atoms with Crippen molar-refractivity contribution >= 4 is 0 Å². The summed E-state index contributed by atoms with van der Waals surface area (Å²) in [7, 11) is 1.66. The van der Waals surface area contributed by atoms with E-state index in [1.165, 1.54) is 0 Å². The molecule has 0 radical (unpaired) electrons. The maximum atomic E-state index is 5.95. The van der Waals surface area contributed by atoms with Gasteiger partial charge in [-0.1, -0.05) is 25.5 Å². The van der Waals surface area contributed by atoms with Crippen molar-refractivity contribution in [3.05, 3.63) is 29.8 Å². The molecule has 23 heavy (non-hydrogen) atoms. The van der Waals surface area contributed by atoms with E-state index >= 15 is 0 Å². The van der Waals surface area contributed by atoms with E-state index in [0.29, 0.717) is 19.1 Å². The lowest BCUT2D eigenvalue weighted by Crippen LogP contribution is -2.46. The van der Waals surface area contributed by atoms with Gasteiger partial charge in [-0.15, -0.1) is 0 Å². The summed E-state index contributed by atoms with van der Waals surface area (Å²) in [6.07, 6.45) is 1.81. The van der Waals surface area contributed by atoms with Crippen LogP contribution >= 0.6 is 0 Å². The van der Waals surface area contributed by atoms with E-state index in [4.69, 9.17) is 23.7 Å². The fourth-order valence-corrected chi connectivity index (χ4v) is 3.03. The van der Waals surface area contributed by atoms with Gasteiger partial charge in [-0.25, -0.2) is 0 Å². The Balaban J connectivity index is 1.46. The lowest BCUT2D eigenvalue weighted by Gasteiger charge is -2.37. The molecule has 2 atom stereocenters. The molecule has 3 rings (SSSR count). The highest BCUT2D eigenvalue weighted by Crippen LogP contribution is 2.28. The molecule has 0 aliphatic carbocycles. The summed E-state index contributed by atoms with van der Waals surface area (Å²) in [5.74, 6) is 1.35. The van der Waals surface area contributed by atoms with Gasteiger partial charge in [-0.3, -0.25) is 0 Å². The second kappa shape index (κ2) is 8.11. The molecule has 2 aliphatic rings. The molecule has 5 nitrogen and oxygen atoms in total. The van der Waals surface area contributed by atoms with Crippen LogP contribution in [0.1, 0.15) is 31.4 Å². The summed E-state index contributed by atoms with van der Waals surface area (Å²) in [5, 5.41) is 0. The lowest BCUT2D eigenvalue weighted by molar-refractivity contribution is -0.279. The van der Waals surface area contributed by atoms with Gasteiger partial charge in [0.05, 0.1) is 33.5 Å². The molecule has 0 aromatic heterocycles. The van der Waals surface area contributed by atoms with Gasteiger partial charge in [0, 0.05) is 5.92 Å². The molecule has 2 heterocycles. The molecule has 2 aliphatic heterocycles. The van der Waals surface area contributed by atoms with Gasteiger partial charge in [0.15, 0.2) is 6.29 Å². The van der Waals surface area contributed by atoms with Crippen LogP contribution in [-0.2, 0) is 18.9 Å². The number of hydrogen-bond donors (Lipinski definition) is 0. The molecule has 0 bridgehead atoms. The van der Waals surface area contributed by atoms with Gasteiger partial charge in [-0.05, 0) is 24.1 Å². The molecule has 5 heteroatoms. The Morgan fingerprint density at radius 3 is 2.26 bits per heavy atom. The fourth-order valence-electron chi connectivity index (χ4n) is 3.03. The minimum Gasteiger partial charge on any atom is -0.497 e. The molecule has 128 valence electrons. The minimum atomic E-state index is -0.306. The topological polar surface area (TPSA) is 46.2 Å². The number of rotatable bonds is 5. The lowest BCUT2D eigenvalue weighted by atomic mass is 10.1. The van der Waals surface area contributed by atoms with Crippen LogP contribution in [-0.4, -0.2) is 45.9 Å². The molecule has 2 saturated heterocycles. The van der Waals surface area contributed by atoms with Gasteiger partial charge in [0.2, 0.25) is 0 Å². The van der Waals surface area contributed by atoms with Crippen LogP contribution in [0, 0.1) is 5.92 Å². The number of benzene rings is 1. The van der Waals surface area contributed by atoms with Crippen molar-refractivity contribution in [3.8, 4) is 5.75 Å². The zero-order valence-electron chi connectivity index (χ0n) is 13.9. The Kier molecular flexibility index (Phi) is 5.89. The highest BCUT2D eigenvalue weighted by molar-refractivity contribution is 5.28. The zero-order valence-corrected chi connectivity index (χ0v) is 13.9. The average Bonchev–Trinajstić information content (AvgIpc) is 2.63. The summed E-state index contributed by atoms with van der Waals surface area (Å²) in [6.45, 7) is 4.68. The van der Waals surface area contributed by atoms with Crippen molar-refractivity contribution in [2.45, 2.75) is 38.3 Å². The second-order valence-corrected chi connectivity index (χ2v) is 6.16. The second-order valence-electron chi connectivity index (χ2n) is 6.16. The maximum absolute atomic E-state index is 5.95. The van der Waals surface area contributed by atoms with Crippen LogP contribution in [0.5, 0.6) is 5.75 Å². The van der Waals surface area contributed by atoms with Gasteiger partial charge in [0.1, 0.15) is 18.0 Å². The number of methoxy groups -OCH3 is 1. The van der Waals surface area contributed by atoms with Gasteiger partial charge < -0.3 is 23.7 Å². The van der Waals surface area contributed by atoms with Crippen molar-refractivity contribution in [1.29, 1.82) is 0 Å². The number of ether oxygens (including phenoxy) is 5. The predicted octanol–water partition coefficient (Wildman–Crippen LogP) is 2.94. The predicted molar refractivity (Wildman–Crippen MR) is 85.5 cm³/mol. The van der Waals surface area contributed by atoms with Crippen molar-refractivity contribution in [1.82, 2.24) is 0 Å². The standard InChI is InChI=1S/C18H26O5/c1-3-4-13-9-22-18(23-10-13)17-12-20-16(11-21-17)14-5-7-15(19-2)8-6-14/h5-8,13,16-18H,3-4,9-12H2,1-2H3. The average molecular weight is 322 g/mol. The van der Waals surface area contributed by atoms with Crippen molar-refractivity contribution in [2.24, 2.45) is 5.92 Å². The summed E-state index contributed by atoms with van der Waals surface area (Å²) in [6, 6.07) is 7.89. The van der Waals surface area contributed by atoms with E-state index < -0.39 is 0 Å². The van der Waals surface area contributed by atoms with Crippen LogP contribution in [0.3, 0.4) is 0 Å². The largest absolute Gasteiger partial charge is 0.497 e. The summed E-state index contributed by atoms with van der Waals surface area (Å²) in [5.41, 5.74) is 1.10. The molecule has 2 unspecified atom stereocenters. The molecule has 0 saturated carbocycles. The van der Waals surface area contributed by atoms with Crippen molar-refractivity contribution in [3.63, 3.8) is 0 Å². The van der Waals surface area contributed by atoms with Crippen molar-refractivity contribution < 1.29 is 23.7 Å².